The van der Waals surface area contributed by atoms with E-state index < -0.39 is 0 Å². The van der Waals surface area contributed by atoms with Gasteiger partial charge in [0.15, 0.2) is 0 Å². The van der Waals surface area contributed by atoms with Crippen LogP contribution in [0.5, 0.6) is 5.75 Å². The second kappa shape index (κ2) is 5.57. The second-order valence-corrected chi connectivity index (χ2v) is 3.30. The third-order valence-corrected chi connectivity index (χ3v) is 2.05. The first-order chi connectivity index (χ1) is 6.77. The van der Waals surface area contributed by atoms with E-state index in [0.29, 0.717) is 5.88 Å². The largest absolute Gasteiger partial charge is 0.496 e. The molecule has 0 N–H and O–H groups in total. The summed E-state index contributed by atoms with van der Waals surface area (Å²) in [5, 5.41) is 0. The fourth-order valence-electron chi connectivity index (χ4n) is 1.11. The van der Waals surface area contributed by atoms with Crippen LogP contribution in [0.3, 0.4) is 0 Å². The lowest BCUT2D eigenvalue weighted by atomic mass is 10.1. The molecule has 0 aliphatic carbocycles. The predicted molar refractivity (Wildman–Crippen MR) is 59.9 cm³/mol. The lowest BCUT2D eigenvalue weighted by molar-refractivity contribution is 0.411. The van der Waals surface area contributed by atoms with E-state index in [1.807, 2.05) is 25.1 Å². The van der Waals surface area contributed by atoms with Crippen molar-refractivity contribution in [3.05, 3.63) is 29.3 Å². The third-order valence-electron chi connectivity index (χ3n) is 1.86. The van der Waals surface area contributed by atoms with Crippen LogP contribution in [-0.2, 0) is 0 Å². The number of ether oxygens (including phenoxy) is 1. The van der Waals surface area contributed by atoms with E-state index in [9.17, 15) is 0 Å². The molecule has 1 aromatic carbocycles. The Labute approximate surface area is 90.0 Å². The summed E-state index contributed by atoms with van der Waals surface area (Å²) >= 11 is 5.52. The maximum atomic E-state index is 5.52. The van der Waals surface area contributed by atoms with Crippen LogP contribution in [0.1, 0.15) is 17.5 Å². The third kappa shape index (κ3) is 2.97. The minimum atomic E-state index is 0.579. The summed E-state index contributed by atoms with van der Waals surface area (Å²) in [4.78, 5) is 0. The van der Waals surface area contributed by atoms with E-state index in [1.165, 1.54) is 0 Å². The first kappa shape index (κ1) is 10.9. The Morgan fingerprint density at radius 2 is 2.21 bits per heavy atom. The Bertz CT molecular complexity index is 360. The maximum absolute atomic E-state index is 5.52. The van der Waals surface area contributed by atoms with Crippen LogP contribution in [0.4, 0.5) is 0 Å². The molecule has 0 aromatic heterocycles. The number of benzene rings is 1. The predicted octanol–water partition coefficient (Wildman–Crippen LogP) is 2.98. The molecule has 0 saturated heterocycles. The first-order valence-corrected chi connectivity index (χ1v) is 5.01. The Balaban J connectivity index is 2.86. The monoisotopic (exact) mass is 208 g/mol. The lowest BCUT2D eigenvalue weighted by Crippen LogP contribution is -1.87. The van der Waals surface area contributed by atoms with Gasteiger partial charge < -0.3 is 4.74 Å². The van der Waals surface area contributed by atoms with Crippen molar-refractivity contribution in [2.75, 3.05) is 13.0 Å². The first-order valence-electron chi connectivity index (χ1n) is 4.47. The van der Waals surface area contributed by atoms with E-state index >= 15 is 0 Å². The van der Waals surface area contributed by atoms with Crippen LogP contribution in [-0.4, -0.2) is 13.0 Å². The van der Waals surface area contributed by atoms with Crippen molar-refractivity contribution in [2.24, 2.45) is 0 Å². The van der Waals surface area contributed by atoms with Crippen molar-refractivity contribution in [1.82, 2.24) is 0 Å². The Morgan fingerprint density at radius 3 is 2.86 bits per heavy atom. The number of hydrogen-bond acceptors (Lipinski definition) is 1. The summed E-state index contributed by atoms with van der Waals surface area (Å²) in [5.41, 5.74) is 2.09. The van der Waals surface area contributed by atoms with Gasteiger partial charge in [-0.2, -0.15) is 0 Å². The molecule has 0 radical (unpaired) electrons. The molecule has 14 heavy (non-hydrogen) atoms. The van der Waals surface area contributed by atoms with Crippen LogP contribution in [0.15, 0.2) is 18.2 Å². The van der Waals surface area contributed by atoms with E-state index in [-0.39, 0.29) is 0 Å². The molecule has 0 unspecified atom stereocenters. The SMILES string of the molecule is COc1cc(C#CCCCl)ccc1C. The highest BCUT2D eigenvalue weighted by molar-refractivity contribution is 6.18. The van der Waals surface area contributed by atoms with E-state index in [0.717, 1.165) is 23.3 Å². The summed E-state index contributed by atoms with van der Waals surface area (Å²) in [7, 11) is 1.66. The number of methoxy groups -OCH3 is 1. The molecular formula is C12H13ClO. The highest BCUT2D eigenvalue weighted by Gasteiger charge is 1.97. The highest BCUT2D eigenvalue weighted by atomic mass is 35.5. The zero-order chi connectivity index (χ0) is 10.4. The summed E-state index contributed by atoms with van der Waals surface area (Å²) in [6, 6.07) is 5.93. The number of aryl methyl sites for hydroxylation is 1. The molecule has 1 aromatic rings. The molecule has 0 atom stereocenters. The Morgan fingerprint density at radius 1 is 1.43 bits per heavy atom. The van der Waals surface area contributed by atoms with E-state index in [2.05, 4.69) is 11.8 Å². The minimum absolute atomic E-state index is 0.579. The van der Waals surface area contributed by atoms with E-state index in [4.69, 9.17) is 16.3 Å². The van der Waals surface area contributed by atoms with Crippen LogP contribution in [0, 0.1) is 18.8 Å². The van der Waals surface area contributed by atoms with Gasteiger partial charge in [0, 0.05) is 17.9 Å². The van der Waals surface area contributed by atoms with Crippen molar-refractivity contribution in [3.8, 4) is 17.6 Å². The smallest absolute Gasteiger partial charge is 0.123 e. The zero-order valence-corrected chi connectivity index (χ0v) is 9.19. The zero-order valence-electron chi connectivity index (χ0n) is 8.43. The van der Waals surface area contributed by atoms with Crippen LogP contribution < -0.4 is 4.74 Å². The molecule has 1 rings (SSSR count). The molecule has 0 aliphatic rings. The minimum Gasteiger partial charge on any atom is -0.496 e. The standard InChI is InChI=1S/C12H13ClO/c1-10-6-7-11(5-3-4-8-13)9-12(10)14-2/h6-7,9H,4,8H2,1-2H3. The van der Waals surface area contributed by atoms with Gasteiger partial charge in [-0.15, -0.1) is 11.6 Å². The topological polar surface area (TPSA) is 9.23 Å². The van der Waals surface area contributed by atoms with Crippen molar-refractivity contribution in [2.45, 2.75) is 13.3 Å². The number of hydrogen-bond donors (Lipinski definition) is 0. The van der Waals surface area contributed by atoms with Crippen molar-refractivity contribution < 1.29 is 4.74 Å². The van der Waals surface area contributed by atoms with Gasteiger partial charge in [-0.3, -0.25) is 0 Å². The molecule has 0 heterocycles. The molecule has 0 saturated carbocycles. The Kier molecular flexibility index (Phi) is 4.35. The average molecular weight is 209 g/mol. The van der Waals surface area contributed by atoms with Crippen molar-refractivity contribution >= 4 is 11.6 Å². The summed E-state index contributed by atoms with van der Waals surface area (Å²) < 4.78 is 5.20. The summed E-state index contributed by atoms with van der Waals surface area (Å²) in [6.07, 6.45) is 0.720. The molecule has 0 aliphatic heterocycles. The van der Waals surface area contributed by atoms with Gasteiger partial charge in [0.1, 0.15) is 5.75 Å². The quantitative estimate of drug-likeness (QED) is 0.537. The maximum Gasteiger partial charge on any atom is 0.123 e. The van der Waals surface area contributed by atoms with Gasteiger partial charge in [-0.05, 0) is 24.6 Å². The molecule has 0 spiro atoms. The molecule has 1 nitrogen and oxygen atoms in total. The van der Waals surface area contributed by atoms with E-state index in [1.54, 1.807) is 7.11 Å². The van der Waals surface area contributed by atoms with Crippen LogP contribution in [0.2, 0.25) is 0 Å². The molecule has 74 valence electrons. The number of halogens is 1. The number of rotatable bonds is 2. The molecule has 2 heteroatoms. The normalized spacial score (nSPS) is 9.07. The average Bonchev–Trinajstić information content (AvgIpc) is 2.21. The molecule has 0 amide bonds. The highest BCUT2D eigenvalue weighted by Crippen LogP contribution is 2.18. The van der Waals surface area contributed by atoms with Gasteiger partial charge in [0.25, 0.3) is 0 Å². The fourth-order valence-corrected chi connectivity index (χ4v) is 1.20. The summed E-state index contributed by atoms with van der Waals surface area (Å²) in [5.74, 6) is 7.47. The fraction of sp³-hybridized carbons (Fsp3) is 0.333. The van der Waals surface area contributed by atoms with Gasteiger partial charge in [-0.1, -0.05) is 17.9 Å². The molecule has 0 fully saturated rings. The Hall–Kier alpha value is -1.13. The second-order valence-electron chi connectivity index (χ2n) is 2.93. The summed E-state index contributed by atoms with van der Waals surface area (Å²) in [6.45, 7) is 2.01. The van der Waals surface area contributed by atoms with Crippen LogP contribution >= 0.6 is 11.6 Å². The van der Waals surface area contributed by atoms with Crippen molar-refractivity contribution in [1.29, 1.82) is 0 Å². The van der Waals surface area contributed by atoms with Gasteiger partial charge in [0.2, 0.25) is 0 Å². The lowest BCUT2D eigenvalue weighted by Gasteiger charge is -2.03. The van der Waals surface area contributed by atoms with Crippen molar-refractivity contribution in [3.63, 3.8) is 0 Å². The van der Waals surface area contributed by atoms with Gasteiger partial charge in [0.05, 0.1) is 7.11 Å². The van der Waals surface area contributed by atoms with Crippen LogP contribution in [0.25, 0.3) is 0 Å². The molecule has 0 bridgehead atoms. The van der Waals surface area contributed by atoms with Gasteiger partial charge in [-0.25, -0.2) is 0 Å². The number of alkyl halides is 1. The molecular weight excluding hydrogens is 196 g/mol. The van der Waals surface area contributed by atoms with Gasteiger partial charge >= 0.3 is 0 Å².